The van der Waals surface area contributed by atoms with E-state index >= 15 is 0 Å². The molecule has 6 nitrogen and oxygen atoms in total. The van der Waals surface area contributed by atoms with Gasteiger partial charge in [-0.1, -0.05) is 26.7 Å². The van der Waals surface area contributed by atoms with E-state index in [1.165, 1.54) is 6.92 Å². The lowest BCUT2D eigenvalue weighted by Gasteiger charge is -2.16. The van der Waals surface area contributed by atoms with Gasteiger partial charge in [0.15, 0.2) is 0 Å². The average Bonchev–Trinajstić information content (AvgIpc) is 2.43. The van der Waals surface area contributed by atoms with Crippen LogP contribution in [0.5, 0.6) is 0 Å². The number of hydrogen-bond donors (Lipinski definition) is 1. The van der Waals surface area contributed by atoms with Gasteiger partial charge < -0.3 is 14.8 Å². The number of ether oxygens (including phenoxy) is 2. The Kier molecular flexibility index (Phi) is 11.3. The smallest absolute Gasteiger partial charge is 0.328 e. The molecule has 0 aliphatic carbocycles. The second-order valence-corrected chi connectivity index (χ2v) is 4.89. The summed E-state index contributed by atoms with van der Waals surface area (Å²) in [5.74, 6) is -1.19. The predicted molar refractivity (Wildman–Crippen MR) is 78.6 cm³/mol. The molecule has 0 saturated heterocycles. The van der Waals surface area contributed by atoms with E-state index in [0.29, 0.717) is 13.2 Å². The number of esters is 2. The van der Waals surface area contributed by atoms with E-state index in [4.69, 9.17) is 9.47 Å². The quantitative estimate of drug-likeness (QED) is 0.466. The van der Waals surface area contributed by atoms with Gasteiger partial charge in [0.1, 0.15) is 6.04 Å². The van der Waals surface area contributed by atoms with Crippen LogP contribution in [0, 0.1) is 0 Å². The SMILES string of the molecule is CCCCOC(=O)CC[C@@H](NC(C)=O)C(=O)OCCCC. The largest absolute Gasteiger partial charge is 0.466 e. The lowest BCUT2D eigenvalue weighted by molar-refractivity contribution is -0.149. The maximum atomic E-state index is 11.8. The highest BCUT2D eigenvalue weighted by Crippen LogP contribution is 2.04. The van der Waals surface area contributed by atoms with Crippen molar-refractivity contribution < 1.29 is 23.9 Å². The Labute approximate surface area is 126 Å². The number of amides is 1. The minimum Gasteiger partial charge on any atom is -0.466 e. The van der Waals surface area contributed by atoms with Gasteiger partial charge in [-0.2, -0.15) is 0 Å². The first-order chi connectivity index (χ1) is 10.0. The van der Waals surface area contributed by atoms with Gasteiger partial charge in [0.05, 0.1) is 13.2 Å². The number of nitrogens with one attached hydrogen (secondary N) is 1. The van der Waals surface area contributed by atoms with Gasteiger partial charge in [-0.25, -0.2) is 4.79 Å². The fourth-order valence-corrected chi connectivity index (χ4v) is 1.58. The highest BCUT2D eigenvalue weighted by atomic mass is 16.5. The molecule has 1 amide bonds. The third-order valence-corrected chi connectivity index (χ3v) is 2.80. The van der Waals surface area contributed by atoms with Gasteiger partial charge >= 0.3 is 11.9 Å². The molecular weight excluding hydrogens is 274 g/mol. The number of rotatable bonds is 11. The van der Waals surface area contributed by atoms with Crippen LogP contribution in [0.2, 0.25) is 0 Å². The molecule has 0 aromatic carbocycles. The molecule has 0 bridgehead atoms. The number of hydrogen-bond acceptors (Lipinski definition) is 5. The minimum absolute atomic E-state index is 0.0809. The van der Waals surface area contributed by atoms with Crippen molar-refractivity contribution in [2.24, 2.45) is 0 Å². The summed E-state index contributed by atoms with van der Waals surface area (Å²) in [6.07, 6.45) is 3.73. The fraction of sp³-hybridized carbons (Fsp3) is 0.800. The lowest BCUT2D eigenvalue weighted by Crippen LogP contribution is -2.41. The summed E-state index contributed by atoms with van der Waals surface area (Å²) in [5, 5.41) is 2.51. The maximum absolute atomic E-state index is 11.8. The summed E-state index contributed by atoms with van der Waals surface area (Å²) in [6.45, 7) is 6.04. The van der Waals surface area contributed by atoms with Crippen molar-refractivity contribution in [2.45, 2.75) is 65.3 Å². The molecule has 21 heavy (non-hydrogen) atoms. The number of carbonyl (C=O) groups is 3. The molecule has 6 heteroatoms. The molecule has 0 aromatic rings. The molecule has 0 aliphatic rings. The van der Waals surface area contributed by atoms with Crippen molar-refractivity contribution in [1.29, 1.82) is 0 Å². The molecule has 1 atom stereocenters. The van der Waals surface area contributed by atoms with E-state index in [2.05, 4.69) is 5.32 Å². The van der Waals surface area contributed by atoms with Gasteiger partial charge in [-0.15, -0.1) is 0 Å². The zero-order chi connectivity index (χ0) is 16.1. The van der Waals surface area contributed by atoms with Crippen molar-refractivity contribution in [3.63, 3.8) is 0 Å². The van der Waals surface area contributed by atoms with Crippen LogP contribution in [-0.2, 0) is 23.9 Å². The Morgan fingerprint density at radius 3 is 2.10 bits per heavy atom. The van der Waals surface area contributed by atoms with Crippen LogP contribution in [0.1, 0.15) is 59.3 Å². The Hall–Kier alpha value is -1.59. The molecule has 0 fully saturated rings. The highest BCUT2D eigenvalue weighted by molar-refractivity contribution is 5.83. The van der Waals surface area contributed by atoms with E-state index in [-0.39, 0.29) is 24.7 Å². The second kappa shape index (κ2) is 12.2. The van der Waals surface area contributed by atoms with Crippen molar-refractivity contribution in [2.75, 3.05) is 13.2 Å². The minimum atomic E-state index is -0.793. The molecule has 0 heterocycles. The van der Waals surface area contributed by atoms with Gasteiger partial charge in [0.2, 0.25) is 5.91 Å². The van der Waals surface area contributed by atoms with Gasteiger partial charge in [-0.3, -0.25) is 9.59 Å². The van der Waals surface area contributed by atoms with Gasteiger partial charge in [0, 0.05) is 13.3 Å². The summed E-state index contributed by atoms with van der Waals surface area (Å²) in [4.78, 5) is 34.5. The molecule has 0 spiro atoms. The summed E-state index contributed by atoms with van der Waals surface area (Å²) in [7, 11) is 0. The van der Waals surface area contributed by atoms with Crippen LogP contribution in [0.15, 0.2) is 0 Å². The monoisotopic (exact) mass is 301 g/mol. The first-order valence-electron chi connectivity index (χ1n) is 7.60. The van der Waals surface area contributed by atoms with Gasteiger partial charge in [-0.05, 0) is 19.3 Å². The Balaban J connectivity index is 4.19. The molecule has 0 aromatic heterocycles. The zero-order valence-electron chi connectivity index (χ0n) is 13.3. The molecular formula is C15H27NO5. The van der Waals surface area contributed by atoms with Crippen LogP contribution >= 0.6 is 0 Å². The van der Waals surface area contributed by atoms with Crippen molar-refractivity contribution in [1.82, 2.24) is 5.32 Å². The van der Waals surface area contributed by atoms with Crippen molar-refractivity contribution >= 4 is 17.8 Å². The Morgan fingerprint density at radius 1 is 1.00 bits per heavy atom. The number of carbonyl (C=O) groups excluding carboxylic acids is 3. The van der Waals surface area contributed by atoms with Crippen LogP contribution in [0.4, 0.5) is 0 Å². The third kappa shape index (κ3) is 10.8. The van der Waals surface area contributed by atoms with E-state index in [1.54, 1.807) is 0 Å². The highest BCUT2D eigenvalue weighted by Gasteiger charge is 2.22. The van der Waals surface area contributed by atoms with Crippen molar-refractivity contribution in [3.05, 3.63) is 0 Å². The van der Waals surface area contributed by atoms with Crippen LogP contribution in [-0.4, -0.2) is 37.1 Å². The summed E-state index contributed by atoms with van der Waals surface area (Å²) in [5.41, 5.74) is 0. The first-order valence-corrected chi connectivity index (χ1v) is 7.60. The van der Waals surface area contributed by atoms with E-state index in [9.17, 15) is 14.4 Å². The van der Waals surface area contributed by atoms with E-state index in [1.807, 2.05) is 13.8 Å². The first kappa shape index (κ1) is 19.4. The maximum Gasteiger partial charge on any atom is 0.328 e. The summed E-state index contributed by atoms with van der Waals surface area (Å²) in [6, 6.07) is -0.793. The summed E-state index contributed by atoms with van der Waals surface area (Å²) >= 11 is 0. The molecule has 0 aliphatic heterocycles. The Morgan fingerprint density at radius 2 is 1.57 bits per heavy atom. The molecule has 0 radical (unpaired) electrons. The molecule has 1 N–H and O–H groups in total. The van der Waals surface area contributed by atoms with Crippen LogP contribution in [0.25, 0.3) is 0 Å². The average molecular weight is 301 g/mol. The molecule has 0 unspecified atom stereocenters. The topological polar surface area (TPSA) is 81.7 Å². The predicted octanol–water partition coefficient (Wildman–Crippen LogP) is 1.96. The second-order valence-electron chi connectivity index (χ2n) is 4.89. The molecule has 0 rings (SSSR count). The standard InChI is InChI=1S/C15H27NO5/c1-4-6-10-20-14(18)9-8-13(16-12(3)17)15(19)21-11-7-5-2/h13H,4-11H2,1-3H3,(H,16,17)/t13-/m1/s1. The van der Waals surface area contributed by atoms with Crippen LogP contribution in [0.3, 0.4) is 0 Å². The molecule has 0 saturated carbocycles. The number of unbranched alkanes of at least 4 members (excludes halogenated alkanes) is 2. The van der Waals surface area contributed by atoms with Crippen molar-refractivity contribution in [3.8, 4) is 0 Å². The molecule has 122 valence electrons. The summed E-state index contributed by atoms with van der Waals surface area (Å²) < 4.78 is 10.1. The zero-order valence-corrected chi connectivity index (χ0v) is 13.3. The van der Waals surface area contributed by atoms with Gasteiger partial charge in [0.25, 0.3) is 0 Å². The fourth-order valence-electron chi connectivity index (χ4n) is 1.58. The normalized spacial score (nSPS) is 11.6. The Bertz CT molecular complexity index is 330. The van der Waals surface area contributed by atoms with Crippen LogP contribution < -0.4 is 5.32 Å². The van der Waals surface area contributed by atoms with E-state index < -0.39 is 12.0 Å². The van der Waals surface area contributed by atoms with E-state index in [0.717, 1.165) is 25.7 Å². The lowest BCUT2D eigenvalue weighted by atomic mass is 10.1. The third-order valence-electron chi connectivity index (χ3n) is 2.80.